The SMILES string of the molecule is CNc1cc(C)nc(Nc2ccc(OC)c(OCC3CC(N)C3)c2)n1. The van der Waals surface area contributed by atoms with E-state index >= 15 is 0 Å². The lowest BCUT2D eigenvalue weighted by atomic mass is 9.82. The Morgan fingerprint density at radius 1 is 1.20 bits per heavy atom. The number of aromatic nitrogens is 2. The lowest BCUT2D eigenvalue weighted by Crippen LogP contribution is -2.39. The number of methoxy groups -OCH3 is 1. The van der Waals surface area contributed by atoms with Gasteiger partial charge in [-0.1, -0.05) is 0 Å². The minimum absolute atomic E-state index is 0.323. The van der Waals surface area contributed by atoms with Crippen molar-refractivity contribution in [3.05, 3.63) is 30.0 Å². The Bertz CT molecular complexity index is 731. The van der Waals surface area contributed by atoms with Crippen molar-refractivity contribution in [2.24, 2.45) is 11.7 Å². The first-order valence-electron chi connectivity index (χ1n) is 8.44. The lowest BCUT2D eigenvalue weighted by Gasteiger charge is -2.32. The van der Waals surface area contributed by atoms with Gasteiger partial charge in [-0.25, -0.2) is 4.98 Å². The Kier molecular flexibility index (Phi) is 5.23. The van der Waals surface area contributed by atoms with Crippen LogP contribution in [-0.2, 0) is 0 Å². The van der Waals surface area contributed by atoms with Crippen LogP contribution in [0.1, 0.15) is 18.5 Å². The number of rotatable bonds is 7. The van der Waals surface area contributed by atoms with Crippen LogP contribution in [0.3, 0.4) is 0 Å². The summed E-state index contributed by atoms with van der Waals surface area (Å²) in [5.41, 5.74) is 7.55. The molecule has 7 heteroatoms. The van der Waals surface area contributed by atoms with E-state index < -0.39 is 0 Å². The van der Waals surface area contributed by atoms with Crippen molar-refractivity contribution in [2.45, 2.75) is 25.8 Å². The Balaban J connectivity index is 1.73. The highest BCUT2D eigenvalue weighted by atomic mass is 16.5. The maximum Gasteiger partial charge on any atom is 0.229 e. The number of nitrogens with one attached hydrogen (secondary N) is 2. The summed E-state index contributed by atoms with van der Waals surface area (Å²) in [5.74, 6) is 3.23. The van der Waals surface area contributed by atoms with Gasteiger partial charge in [0.15, 0.2) is 11.5 Å². The number of nitrogens with zero attached hydrogens (tertiary/aromatic N) is 2. The average molecular weight is 343 g/mol. The fourth-order valence-corrected chi connectivity index (χ4v) is 2.88. The first-order chi connectivity index (χ1) is 12.1. The summed E-state index contributed by atoms with van der Waals surface area (Å²) in [6.07, 6.45) is 2.04. The van der Waals surface area contributed by atoms with Gasteiger partial charge in [0.25, 0.3) is 0 Å². The molecule has 7 nitrogen and oxygen atoms in total. The van der Waals surface area contributed by atoms with Gasteiger partial charge >= 0.3 is 0 Å². The van der Waals surface area contributed by atoms with Crippen molar-refractivity contribution in [1.82, 2.24) is 9.97 Å². The third kappa shape index (κ3) is 4.30. The maximum atomic E-state index is 5.95. The minimum Gasteiger partial charge on any atom is -0.493 e. The maximum absolute atomic E-state index is 5.95. The molecule has 3 rings (SSSR count). The molecule has 1 saturated carbocycles. The first kappa shape index (κ1) is 17.3. The molecular formula is C18H25N5O2. The second-order valence-corrected chi connectivity index (χ2v) is 6.37. The molecule has 1 fully saturated rings. The molecule has 1 aliphatic rings. The number of anilines is 3. The smallest absolute Gasteiger partial charge is 0.229 e. The molecule has 1 heterocycles. The molecule has 25 heavy (non-hydrogen) atoms. The second kappa shape index (κ2) is 7.57. The topological polar surface area (TPSA) is 94.3 Å². The molecule has 4 N–H and O–H groups in total. The quantitative estimate of drug-likeness (QED) is 0.711. The highest BCUT2D eigenvalue weighted by Crippen LogP contribution is 2.33. The van der Waals surface area contributed by atoms with Gasteiger partial charge in [-0.2, -0.15) is 4.98 Å². The largest absolute Gasteiger partial charge is 0.493 e. The van der Waals surface area contributed by atoms with Crippen molar-refractivity contribution in [2.75, 3.05) is 31.4 Å². The third-order valence-electron chi connectivity index (χ3n) is 4.28. The van der Waals surface area contributed by atoms with E-state index in [1.165, 1.54) is 0 Å². The number of benzene rings is 1. The standard InChI is InChI=1S/C18H25N5O2/c1-11-6-17(20-2)23-18(21-11)22-14-4-5-15(24-3)16(9-14)25-10-12-7-13(19)8-12/h4-6,9,12-13H,7-8,10,19H2,1-3H3,(H2,20,21,22,23). The molecular weight excluding hydrogens is 318 g/mol. The number of hydrogen-bond donors (Lipinski definition) is 3. The molecule has 0 aliphatic heterocycles. The fourth-order valence-electron chi connectivity index (χ4n) is 2.88. The molecule has 1 aromatic carbocycles. The van der Waals surface area contributed by atoms with Gasteiger partial charge in [-0.05, 0) is 37.8 Å². The molecule has 0 unspecified atom stereocenters. The van der Waals surface area contributed by atoms with Crippen LogP contribution in [0.4, 0.5) is 17.5 Å². The third-order valence-corrected chi connectivity index (χ3v) is 4.28. The van der Waals surface area contributed by atoms with Crippen LogP contribution in [0.15, 0.2) is 24.3 Å². The van der Waals surface area contributed by atoms with Crippen LogP contribution in [-0.4, -0.2) is 36.8 Å². The Hall–Kier alpha value is -2.54. The van der Waals surface area contributed by atoms with Gasteiger partial charge in [0.2, 0.25) is 5.95 Å². The van der Waals surface area contributed by atoms with Gasteiger partial charge in [0, 0.05) is 36.6 Å². The number of ether oxygens (including phenoxy) is 2. The predicted molar refractivity (Wildman–Crippen MR) is 98.8 cm³/mol. The summed E-state index contributed by atoms with van der Waals surface area (Å²) in [6, 6.07) is 7.90. The zero-order valence-electron chi connectivity index (χ0n) is 14.9. The van der Waals surface area contributed by atoms with Crippen molar-refractivity contribution in [3.63, 3.8) is 0 Å². The van der Waals surface area contributed by atoms with Crippen molar-refractivity contribution < 1.29 is 9.47 Å². The molecule has 0 bridgehead atoms. The van der Waals surface area contributed by atoms with Gasteiger partial charge in [-0.3, -0.25) is 0 Å². The summed E-state index contributed by atoms with van der Waals surface area (Å²) in [4.78, 5) is 8.81. The molecule has 0 radical (unpaired) electrons. The van der Waals surface area contributed by atoms with E-state index in [4.69, 9.17) is 15.2 Å². The fraction of sp³-hybridized carbons (Fsp3) is 0.444. The average Bonchev–Trinajstić information content (AvgIpc) is 2.57. The van der Waals surface area contributed by atoms with Crippen LogP contribution in [0, 0.1) is 12.8 Å². The first-order valence-corrected chi connectivity index (χ1v) is 8.44. The Morgan fingerprint density at radius 2 is 2.00 bits per heavy atom. The van der Waals surface area contributed by atoms with E-state index in [0.29, 0.717) is 36.0 Å². The zero-order chi connectivity index (χ0) is 17.8. The number of hydrogen-bond acceptors (Lipinski definition) is 7. The summed E-state index contributed by atoms with van der Waals surface area (Å²) in [6.45, 7) is 2.58. The Labute approximate surface area is 148 Å². The van der Waals surface area contributed by atoms with E-state index in [-0.39, 0.29) is 0 Å². The monoisotopic (exact) mass is 343 g/mol. The van der Waals surface area contributed by atoms with Crippen LogP contribution in [0.2, 0.25) is 0 Å². The van der Waals surface area contributed by atoms with E-state index in [2.05, 4.69) is 20.6 Å². The van der Waals surface area contributed by atoms with E-state index in [0.717, 1.165) is 30.0 Å². The van der Waals surface area contributed by atoms with Gasteiger partial charge in [0.05, 0.1) is 13.7 Å². The molecule has 134 valence electrons. The van der Waals surface area contributed by atoms with Crippen molar-refractivity contribution in [3.8, 4) is 11.5 Å². The van der Waals surface area contributed by atoms with E-state index in [1.807, 2.05) is 38.2 Å². The normalized spacial score (nSPS) is 19.0. The van der Waals surface area contributed by atoms with Gasteiger partial charge < -0.3 is 25.8 Å². The highest BCUT2D eigenvalue weighted by molar-refractivity contribution is 5.60. The summed E-state index contributed by atoms with van der Waals surface area (Å²) < 4.78 is 11.3. The van der Waals surface area contributed by atoms with Crippen molar-refractivity contribution in [1.29, 1.82) is 0 Å². The molecule has 1 aliphatic carbocycles. The molecule has 0 atom stereocenters. The predicted octanol–water partition coefficient (Wildman–Crippen LogP) is 2.70. The minimum atomic E-state index is 0.323. The van der Waals surface area contributed by atoms with Gasteiger partial charge in [-0.15, -0.1) is 0 Å². The van der Waals surface area contributed by atoms with Crippen LogP contribution < -0.4 is 25.8 Å². The van der Waals surface area contributed by atoms with E-state index in [1.54, 1.807) is 7.11 Å². The highest BCUT2D eigenvalue weighted by Gasteiger charge is 2.26. The summed E-state index contributed by atoms with van der Waals surface area (Å²) >= 11 is 0. The Morgan fingerprint density at radius 3 is 2.68 bits per heavy atom. The van der Waals surface area contributed by atoms with Crippen molar-refractivity contribution >= 4 is 17.5 Å². The van der Waals surface area contributed by atoms with Crippen LogP contribution >= 0.6 is 0 Å². The molecule has 0 saturated heterocycles. The molecule has 2 aromatic rings. The van der Waals surface area contributed by atoms with Gasteiger partial charge in [0.1, 0.15) is 5.82 Å². The van der Waals surface area contributed by atoms with E-state index in [9.17, 15) is 0 Å². The van der Waals surface area contributed by atoms with Crippen LogP contribution in [0.5, 0.6) is 11.5 Å². The lowest BCUT2D eigenvalue weighted by molar-refractivity contribution is 0.156. The second-order valence-electron chi connectivity index (χ2n) is 6.37. The molecule has 0 amide bonds. The number of nitrogens with two attached hydrogens (primary N) is 1. The number of aryl methyl sites for hydroxylation is 1. The molecule has 0 spiro atoms. The summed E-state index contributed by atoms with van der Waals surface area (Å²) in [5, 5.41) is 6.24. The van der Waals surface area contributed by atoms with Crippen LogP contribution in [0.25, 0.3) is 0 Å². The molecule has 1 aromatic heterocycles. The summed E-state index contributed by atoms with van der Waals surface area (Å²) in [7, 11) is 3.47. The zero-order valence-corrected chi connectivity index (χ0v) is 14.9.